The third-order valence-electron chi connectivity index (χ3n) is 3.84. The summed E-state index contributed by atoms with van der Waals surface area (Å²) in [5, 5.41) is 3.55. The molecule has 0 saturated carbocycles. The number of aromatic nitrogens is 2. The van der Waals surface area contributed by atoms with E-state index in [1.807, 2.05) is 6.92 Å². The quantitative estimate of drug-likeness (QED) is 0.832. The van der Waals surface area contributed by atoms with Crippen molar-refractivity contribution in [2.24, 2.45) is 0 Å². The number of ether oxygens (including phenoxy) is 1. The molecule has 0 bridgehead atoms. The highest BCUT2D eigenvalue weighted by molar-refractivity contribution is 5.31. The molecule has 1 saturated heterocycles. The molecule has 0 aliphatic carbocycles. The van der Waals surface area contributed by atoms with Gasteiger partial charge < -0.3 is 19.5 Å². The second-order valence-corrected chi connectivity index (χ2v) is 5.97. The normalized spacial score (nSPS) is 19.2. The lowest BCUT2D eigenvalue weighted by molar-refractivity contribution is 0.163. The van der Waals surface area contributed by atoms with Crippen LogP contribution in [0.2, 0.25) is 0 Å². The van der Waals surface area contributed by atoms with Gasteiger partial charge in [0.2, 0.25) is 5.95 Å². The van der Waals surface area contributed by atoms with Crippen LogP contribution >= 0.6 is 0 Å². The zero-order valence-electron chi connectivity index (χ0n) is 13.2. The smallest absolute Gasteiger partial charge is 0.203 e. The molecule has 1 aliphatic rings. The van der Waals surface area contributed by atoms with Gasteiger partial charge in [-0.3, -0.25) is 0 Å². The number of imidazole rings is 1. The topological polar surface area (TPSA) is 42.3 Å². The standard InChI is InChI=1S/C15H28N4O/c1-12(9-18-7-5-6-8-18)16-15-17-13(2)10-19(15)14(3)11-20-4/h10,12,14H,5-9,11H2,1-4H3,(H,16,17). The average Bonchev–Trinajstić information content (AvgIpc) is 2.99. The Morgan fingerprint density at radius 3 is 2.70 bits per heavy atom. The van der Waals surface area contributed by atoms with E-state index in [4.69, 9.17) is 4.74 Å². The maximum absolute atomic E-state index is 5.25. The van der Waals surface area contributed by atoms with E-state index in [0.717, 1.165) is 18.2 Å². The summed E-state index contributed by atoms with van der Waals surface area (Å²) in [4.78, 5) is 7.13. The number of nitrogens with one attached hydrogen (secondary N) is 1. The zero-order valence-corrected chi connectivity index (χ0v) is 13.2. The number of methoxy groups -OCH3 is 1. The molecule has 2 heterocycles. The van der Waals surface area contributed by atoms with Gasteiger partial charge in [-0.2, -0.15) is 0 Å². The van der Waals surface area contributed by atoms with E-state index in [1.54, 1.807) is 7.11 Å². The van der Waals surface area contributed by atoms with Gasteiger partial charge >= 0.3 is 0 Å². The zero-order chi connectivity index (χ0) is 14.5. The molecular weight excluding hydrogens is 252 g/mol. The summed E-state index contributed by atoms with van der Waals surface area (Å²) >= 11 is 0. The van der Waals surface area contributed by atoms with Crippen LogP contribution < -0.4 is 5.32 Å². The summed E-state index contributed by atoms with van der Waals surface area (Å²) in [5.74, 6) is 0.957. The summed E-state index contributed by atoms with van der Waals surface area (Å²) in [7, 11) is 1.74. The lowest BCUT2D eigenvalue weighted by atomic mass is 10.3. The van der Waals surface area contributed by atoms with Crippen LogP contribution in [0.1, 0.15) is 38.4 Å². The molecule has 1 aliphatic heterocycles. The van der Waals surface area contributed by atoms with E-state index < -0.39 is 0 Å². The molecule has 20 heavy (non-hydrogen) atoms. The molecule has 0 radical (unpaired) electrons. The molecule has 1 fully saturated rings. The van der Waals surface area contributed by atoms with Gasteiger partial charge in [-0.25, -0.2) is 4.98 Å². The molecular formula is C15H28N4O. The van der Waals surface area contributed by atoms with Crippen molar-refractivity contribution < 1.29 is 4.74 Å². The molecule has 1 aromatic heterocycles. The third kappa shape index (κ3) is 3.96. The fourth-order valence-electron chi connectivity index (χ4n) is 2.90. The van der Waals surface area contributed by atoms with E-state index in [2.05, 4.69) is 39.8 Å². The second kappa shape index (κ2) is 7.09. The lowest BCUT2D eigenvalue weighted by Crippen LogP contribution is -2.34. The van der Waals surface area contributed by atoms with Crippen LogP contribution in [0.15, 0.2) is 6.20 Å². The Kier molecular flexibility index (Phi) is 5.43. The maximum atomic E-state index is 5.25. The number of likely N-dealkylation sites (tertiary alicyclic amines) is 1. The Morgan fingerprint density at radius 1 is 1.35 bits per heavy atom. The number of hydrogen-bond donors (Lipinski definition) is 1. The molecule has 0 amide bonds. The fourth-order valence-corrected chi connectivity index (χ4v) is 2.90. The fraction of sp³-hybridized carbons (Fsp3) is 0.800. The lowest BCUT2D eigenvalue weighted by Gasteiger charge is -2.23. The Hall–Kier alpha value is -1.07. The molecule has 2 unspecified atom stereocenters. The first kappa shape index (κ1) is 15.3. The summed E-state index contributed by atoms with van der Waals surface area (Å²) in [6, 6.07) is 0.700. The van der Waals surface area contributed by atoms with Gasteiger partial charge in [0.15, 0.2) is 0 Å². The molecule has 2 rings (SSSR count). The Labute approximate surface area is 122 Å². The number of aryl methyl sites for hydroxylation is 1. The number of hydrogen-bond acceptors (Lipinski definition) is 4. The van der Waals surface area contributed by atoms with Crippen molar-refractivity contribution in [1.29, 1.82) is 0 Å². The van der Waals surface area contributed by atoms with Crippen LogP contribution in [0.25, 0.3) is 0 Å². The van der Waals surface area contributed by atoms with Crippen LogP contribution in [-0.4, -0.2) is 53.8 Å². The molecule has 0 spiro atoms. The molecule has 5 heteroatoms. The molecule has 1 aromatic rings. The largest absolute Gasteiger partial charge is 0.383 e. The van der Waals surface area contributed by atoms with Crippen LogP contribution in [0.4, 0.5) is 5.95 Å². The molecule has 2 atom stereocenters. The maximum Gasteiger partial charge on any atom is 0.203 e. The minimum Gasteiger partial charge on any atom is -0.383 e. The van der Waals surface area contributed by atoms with E-state index >= 15 is 0 Å². The minimum absolute atomic E-state index is 0.294. The van der Waals surface area contributed by atoms with E-state index in [1.165, 1.54) is 25.9 Å². The van der Waals surface area contributed by atoms with E-state index in [-0.39, 0.29) is 0 Å². The third-order valence-corrected chi connectivity index (χ3v) is 3.84. The first-order valence-corrected chi connectivity index (χ1v) is 7.63. The van der Waals surface area contributed by atoms with Crippen molar-refractivity contribution >= 4 is 5.95 Å². The van der Waals surface area contributed by atoms with Gasteiger partial charge in [0.1, 0.15) is 0 Å². The van der Waals surface area contributed by atoms with Gasteiger partial charge in [0, 0.05) is 25.9 Å². The first-order valence-electron chi connectivity index (χ1n) is 7.63. The van der Waals surface area contributed by atoms with Crippen LogP contribution in [-0.2, 0) is 4.74 Å². The summed E-state index contributed by atoms with van der Waals surface area (Å²) < 4.78 is 7.43. The molecule has 1 N–H and O–H groups in total. The minimum atomic E-state index is 0.294. The predicted octanol–water partition coefficient (Wildman–Crippen LogP) is 2.30. The summed E-state index contributed by atoms with van der Waals surface area (Å²) in [6.45, 7) is 10.7. The van der Waals surface area contributed by atoms with Gasteiger partial charge in [-0.1, -0.05) is 0 Å². The highest BCUT2D eigenvalue weighted by Gasteiger charge is 2.17. The first-order chi connectivity index (χ1) is 9.60. The van der Waals surface area contributed by atoms with Crippen molar-refractivity contribution in [3.8, 4) is 0 Å². The molecule has 5 nitrogen and oxygen atoms in total. The number of nitrogens with zero attached hydrogens (tertiary/aromatic N) is 3. The van der Waals surface area contributed by atoms with Crippen molar-refractivity contribution in [3.63, 3.8) is 0 Å². The van der Waals surface area contributed by atoms with Gasteiger partial charge in [-0.15, -0.1) is 0 Å². The van der Waals surface area contributed by atoms with Crippen molar-refractivity contribution in [2.75, 3.05) is 38.7 Å². The van der Waals surface area contributed by atoms with Crippen LogP contribution in [0.3, 0.4) is 0 Å². The van der Waals surface area contributed by atoms with Gasteiger partial charge in [-0.05, 0) is 46.7 Å². The predicted molar refractivity (Wildman–Crippen MR) is 82.3 cm³/mol. The van der Waals surface area contributed by atoms with Crippen molar-refractivity contribution in [2.45, 2.75) is 45.7 Å². The second-order valence-electron chi connectivity index (χ2n) is 5.97. The van der Waals surface area contributed by atoms with Crippen molar-refractivity contribution in [3.05, 3.63) is 11.9 Å². The SMILES string of the molecule is COCC(C)n1cc(C)nc1NC(C)CN1CCCC1. The molecule has 0 aromatic carbocycles. The molecule has 114 valence electrons. The Balaban J connectivity index is 1.96. The highest BCUT2D eigenvalue weighted by atomic mass is 16.5. The van der Waals surface area contributed by atoms with Crippen LogP contribution in [0, 0.1) is 6.92 Å². The van der Waals surface area contributed by atoms with Gasteiger partial charge in [0.25, 0.3) is 0 Å². The van der Waals surface area contributed by atoms with E-state index in [9.17, 15) is 0 Å². The van der Waals surface area contributed by atoms with E-state index in [0.29, 0.717) is 18.7 Å². The Morgan fingerprint density at radius 2 is 2.05 bits per heavy atom. The monoisotopic (exact) mass is 280 g/mol. The average molecular weight is 280 g/mol. The summed E-state index contributed by atoms with van der Waals surface area (Å²) in [5.41, 5.74) is 1.05. The van der Waals surface area contributed by atoms with Crippen LogP contribution in [0.5, 0.6) is 0 Å². The van der Waals surface area contributed by atoms with Gasteiger partial charge in [0.05, 0.1) is 18.3 Å². The number of rotatable bonds is 7. The highest BCUT2D eigenvalue weighted by Crippen LogP contribution is 2.17. The number of anilines is 1. The van der Waals surface area contributed by atoms with Crippen molar-refractivity contribution in [1.82, 2.24) is 14.5 Å². The summed E-state index contributed by atoms with van der Waals surface area (Å²) in [6.07, 6.45) is 4.77. The Bertz CT molecular complexity index is 412.